The van der Waals surface area contributed by atoms with Crippen molar-refractivity contribution < 1.29 is 4.42 Å². The minimum absolute atomic E-state index is 0.0712. The zero-order chi connectivity index (χ0) is 32.6. The lowest BCUT2D eigenvalue weighted by Gasteiger charge is -2.31. The van der Waals surface area contributed by atoms with Crippen LogP contribution in [0.1, 0.15) is 22.6 Å². The molecule has 3 heterocycles. The Morgan fingerprint density at radius 2 is 1.27 bits per heavy atom. The van der Waals surface area contributed by atoms with Gasteiger partial charge in [0, 0.05) is 44.6 Å². The fraction of sp³-hybridized carbons (Fsp3) is 0.0455. The van der Waals surface area contributed by atoms with Gasteiger partial charge in [-0.1, -0.05) is 78.9 Å². The van der Waals surface area contributed by atoms with Crippen LogP contribution in [0.3, 0.4) is 0 Å². The Kier molecular flexibility index (Phi) is 5.76. The first-order valence-corrected chi connectivity index (χ1v) is 16.4. The molecular weight excluding hydrogens is 601 g/mol. The van der Waals surface area contributed by atoms with Crippen molar-refractivity contribution in [2.24, 2.45) is 0 Å². The van der Waals surface area contributed by atoms with Gasteiger partial charge in [0.25, 0.3) is 0 Å². The molecule has 2 aliphatic rings. The van der Waals surface area contributed by atoms with Crippen LogP contribution >= 0.6 is 0 Å². The molecule has 0 saturated carbocycles. The second kappa shape index (κ2) is 10.3. The van der Waals surface area contributed by atoms with E-state index in [9.17, 15) is 10.5 Å². The maximum Gasteiger partial charge on any atom is 0.137 e. The molecule has 10 rings (SSSR count). The van der Waals surface area contributed by atoms with E-state index in [0.717, 1.165) is 71.9 Å². The van der Waals surface area contributed by atoms with Crippen LogP contribution in [0, 0.1) is 22.7 Å². The summed E-state index contributed by atoms with van der Waals surface area (Å²) in [7, 11) is 0. The molecule has 1 aliphatic heterocycles. The predicted molar refractivity (Wildman–Crippen MR) is 196 cm³/mol. The smallest absolute Gasteiger partial charge is 0.137 e. The summed E-state index contributed by atoms with van der Waals surface area (Å²) in [5.41, 5.74) is 10.9. The highest BCUT2D eigenvalue weighted by Crippen LogP contribution is 2.51. The van der Waals surface area contributed by atoms with Gasteiger partial charge in [-0.25, -0.2) is 0 Å². The van der Waals surface area contributed by atoms with E-state index in [-0.39, 0.29) is 12.0 Å². The third kappa shape index (κ3) is 3.85. The van der Waals surface area contributed by atoms with Gasteiger partial charge in [-0.15, -0.1) is 0 Å². The maximum absolute atomic E-state index is 10.2. The van der Waals surface area contributed by atoms with Crippen molar-refractivity contribution in [1.29, 1.82) is 10.5 Å². The van der Waals surface area contributed by atoms with Crippen LogP contribution in [0.5, 0.6) is 0 Å². The van der Waals surface area contributed by atoms with Gasteiger partial charge in [-0.05, 0) is 72.3 Å². The summed E-state index contributed by atoms with van der Waals surface area (Å²) in [5, 5.41) is 24.7. The summed E-state index contributed by atoms with van der Waals surface area (Å²) in [6.45, 7) is 0. The van der Waals surface area contributed by atoms with E-state index in [1.165, 1.54) is 5.56 Å². The molecule has 5 nitrogen and oxygen atoms in total. The minimum atomic E-state index is 0.0712. The third-order valence-electron chi connectivity index (χ3n) is 10.2. The van der Waals surface area contributed by atoms with E-state index in [1.807, 2.05) is 48.5 Å². The van der Waals surface area contributed by atoms with Crippen molar-refractivity contribution in [3.05, 3.63) is 162 Å². The number of hydrogen-bond donors (Lipinski definition) is 0. The molecule has 0 N–H and O–H groups in total. The van der Waals surface area contributed by atoms with Crippen LogP contribution in [0.2, 0.25) is 0 Å². The Morgan fingerprint density at radius 1 is 0.571 bits per heavy atom. The monoisotopic (exact) mass is 626 g/mol. The molecule has 6 aromatic carbocycles. The van der Waals surface area contributed by atoms with Gasteiger partial charge in [0.2, 0.25) is 0 Å². The number of allylic oxidation sites excluding steroid dienone is 2. The fourth-order valence-electron chi connectivity index (χ4n) is 8.13. The van der Waals surface area contributed by atoms with Gasteiger partial charge >= 0.3 is 0 Å². The van der Waals surface area contributed by atoms with E-state index >= 15 is 0 Å². The maximum atomic E-state index is 10.2. The van der Waals surface area contributed by atoms with Crippen LogP contribution in [0.25, 0.3) is 60.6 Å². The van der Waals surface area contributed by atoms with Gasteiger partial charge in [0.1, 0.15) is 11.2 Å². The van der Waals surface area contributed by atoms with Gasteiger partial charge in [0.15, 0.2) is 0 Å². The first-order valence-electron chi connectivity index (χ1n) is 16.4. The molecule has 5 heteroatoms. The largest absolute Gasteiger partial charge is 0.456 e. The first-order chi connectivity index (χ1) is 24.2. The number of nitriles is 2. The fourth-order valence-corrected chi connectivity index (χ4v) is 8.13. The summed E-state index contributed by atoms with van der Waals surface area (Å²) >= 11 is 0. The molecule has 2 atom stereocenters. The predicted octanol–water partition coefficient (Wildman–Crippen LogP) is 10.8. The van der Waals surface area contributed by atoms with Gasteiger partial charge in [-0.3, -0.25) is 0 Å². The van der Waals surface area contributed by atoms with Crippen LogP contribution < -0.4 is 4.90 Å². The number of hydrogen-bond acceptors (Lipinski definition) is 4. The molecule has 49 heavy (non-hydrogen) atoms. The molecule has 2 aromatic heterocycles. The average molecular weight is 627 g/mol. The number of aromatic nitrogens is 1. The highest BCUT2D eigenvalue weighted by molar-refractivity contribution is 6.24. The highest BCUT2D eigenvalue weighted by atomic mass is 16.3. The van der Waals surface area contributed by atoms with Crippen LogP contribution in [-0.4, -0.2) is 10.6 Å². The second-order valence-electron chi connectivity index (χ2n) is 12.7. The Balaban J connectivity index is 1.33. The van der Waals surface area contributed by atoms with Crippen molar-refractivity contribution in [1.82, 2.24) is 4.57 Å². The average Bonchev–Trinajstić information content (AvgIpc) is 3.82. The van der Waals surface area contributed by atoms with Crippen molar-refractivity contribution in [3.8, 4) is 29.0 Å². The van der Waals surface area contributed by atoms with Crippen molar-refractivity contribution >= 4 is 55.1 Å². The first kappa shape index (κ1) is 27.3. The van der Waals surface area contributed by atoms with Crippen LogP contribution in [-0.2, 0) is 0 Å². The summed E-state index contributed by atoms with van der Waals surface area (Å²) in [6, 6.07) is 46.1. The molecule has 0 radical (unpaired) electrons. The standard InChI is InChI=1S/C44H26N4O/c45-25-27-17-20-39(47-36-13-5-1-9-29(36)30-10-2-6-14-37(30)47)34(23-27)35-24-28(26-46)18-21-40(35)48-38-15-7-3-11-31(38)32-19-22-42-43(44(32)48)33-12-4-8-16-41(33)49-42/h1-24,29,36H. The second-order valence-corrected chi connectivity index (χ2v) is 12.7. The molecular formula is C44H26N4O. The summed E-state index contributed by atoms with van der Waals surface area (Å²) < 4.78 is 8.71. The number of benzene rings is 6. The molecule has 1 aliphatic carbocycles. The minimum Gasteiger partial charge on any atom is -0.456 e. The summed E-state index contributed by atoms with van der Waals surface area (Å²) in [4.78, 5) is 2.40. The lowest BCUT2D eigenvalue weighted by molar-refractivity contribution is 0.669. The SMILES string of the molecule is N#Cc1ccc(N2c3ccccc3C3C=CC=CC32)c(-c2cc(C#N)ccc2-n2c3ccccc3c3ccc4oc5ccccc5c4c32)c1. The highest BCUT2D eigenvalue weighted by Gasteiger charge is 2.38. The molecule has 0 bridgehead atoms. The topological polar surface area (TPSA) is 68.9 Å². The van der Waals surface area contributed by atoms with Crippen molar-refractivity contribution in [3.63, 3.8) is 0 Å². The van der Waals surface area contributed by atoms with Crippen LogP contribution in [0.4, 0.5) is 11.4 Å². The zero-order valence-corrected chi connectivity index (χ0v) is 26.2. The summed E-state index contributed by atoms with van der Waals surface area (Å²) in [5.74, 6) is 0.203. The quantitative estimate of drug-likeness (QED) is 0.196. The molecule has 228 valence electrons. The van der Waals surface area contributed by atoms with E-state index in [0.29, 0.717) is 11.1 Å². The number of para-hydroxylation sites is 3. The third-order valence-corrected chi connectivity index (χ3v) is 10.2. The Bertz CT molecular complexity index is 2840. The van der Waals surface area contributed by atoms with Gasteiger partial charge < -0.3 is 13.9 Å². The Hall–Kier alpha value is -6.82. The molecule has 8 aromatic rings. The van der Waals surface area contributed by atoms with Crippen molar-refractivity contribution in [2.75, 3.05) is 4.90 Å². The van der Waals surface area contributed by atoms with E-state index in [4.69, 9.17) is 4.42 Å². The van der Waals surface area contributed by atoms with E-state index < -0.39 is 0 Å². The zero-order valence-electron chi connectivity index (χ0n) is 26.2. The van der Waals surface area contributed by atoms with Gasteiger partial charge in [-0.2, -0.15) is 10.5 Å². The lowest BCUT2D eigenvalue weighted by Crippen LogP contribution is -2.29. The molecule has 0 saturated heterocycles. The summed E-state index contributed by atoms with van der Waals surface area (Å²) in [6.07, 6.45) is 8.77. The number of nitrogens with zero attached hydrogens (tertiary/aromatic N) is 4. The number of furan rings is 1. The van der Waals surface area contributed by atoms with Crippen molar-refractivity contribution in [2.45, 2.75) is 12.0 Å². The molecule has 0 spiro atoms. The molecule has 2 unspecified atom stereocenters. The van der Waals surface area contributed by atoms with E-state index in [2.05, 4.69) is 119 Å². The van der Waals surface area contributed by atoms with Gasteiger partial charge in [0.05, 0.1) is 51.4 Å². The normalized spacial score (nSPS) is 16.3. The van der Waals surface area contributed by atoms with Crippen LogP contribution in [0.15, 0.2) is 150 Å². The Labute approximate surface area is 282 Å². The number of fused-ring (bicyclic) bond motifs is 10. The van der Waals surface area contributed by atoms with E-state index in [1.54, 1.807) is 0 Å². The number of rotatable bonds is 3. The lowest BCUT2D eigenvalue weighted by atomic mass is 9.91. The molecule has 0 amide bonds. The molecule has 0 fully saturated rings. The Morgan fingerprint density at radius 3 is 2.10 bits per heavy atom. The number of anilines is 2.